The smallest absolute Gasteiger partial charge is 0.243 e. The van der Waals surface area contributed by atoms with Crippen molar-refractivity contribution >= 4 is 40.5 Å². The quantitative estimate of drug-likeness (QED) is 0.869. The second-order valence-electron chi connectivity index (χ2n) is 4.47. The van der Waals surface area contributed by atoms with E-state index in [1.807, 2.05) is 0 Å². The molecule has 0 spiro atoms. The molecule has 0 aliphatic rings. The fraction of sp³-hybridized carbons (Fsp3) is 0.133. The fourth-order valence-electron chi connectivity index (χ4n) is 1.68. The first-order valence-corrected chi connectivity index (χ1v) is 6.97. The highest BCUT2D eigenvalue weighted by atomic mass is 35.5. The Morgan fingerprint density at radius 2 is 2.00 bits per heavy atom. The summed E-state index contributed by atoms with van der Waals surface area (Å²) in [5.41, 5.74) is 1.52. The number of carbonyl (C=O) groups is 1. The van der Waals surface area contributed by atoms with Gasteiger partial charge < -0.3 is 10.6 Å². The molecule has 0 atom stereocenters. The Morgan fingerprint density at radius 3 is 2.71 bits per heavy atom. The van der Waals surface area contributed by atoms with Crippen LogP contribution in [0.2, 0.25) is 10.0 Å². The molecule has 0 unspecified atom stereocenters. The zero-order chi connectivity index (χ0) is 15.4. The van der Waals surface area contributed by atoms with Gasteiger partial charge in [0.1, 0.15) is 5.82 Å². The van der Waals surface area contributed by atoms with Crippen molar-refractivity contribution in [3.8, 4) is 0 Å². The van der Waals surface area contributed by atoms with Crippen molar-refractivity contribution in [3.05, 3.63) is 57.8 Å². The molecular weight excluding hydrogens is 314 g/mol. The topological polar surface area (TPSA) is 41.1 Å². The van der Waals surface area contributed by atoms with E-state index in [4.69, 9.17) is 23.2 Å². The largest absolute Gasteiger partial charge is 0.376 e. The van der Waals surface area contributed by atoms with E-state index >= 15 is 0 Å². The Labute approximate surface area is 132 Å². The molecule has 6 heteroatoms. The average Bonchev–Trinajstić information content (AvgIpc) is 2.45. The van der Waals surface area contributed by atoms with E-state index in [1.54, 1.807) is 37.3 Å². The molecule has 0 aromatic heterocycles. The summed E-state index contributed by atoms with van der Waals surface area (Å²) in [4.78, 5) is 11.8. The van der Waals surface area contributed by atoms with Gasteiger partial charge in [0.25, 0.3) is 0 Å². The summed E-state index contributed by atoms with van der Waals surface area (Å²) in [6.45, 7) is 1.66. The number of amides is 1. The first kappa shape index (κ1) is 15.6. The van der Waals surface area contributed by atoms with E-state index in [0.717, 1.165) is 0 Å². The lowest BCUT2D eigenvalue weighted by Crippen LogP contribution is -2.22. The van der Waals surface area contributed by atoms with E-state index in [2.05, 4.69) is 10.6 Å². The summed E-state index contributed by atoms with van der Waals surface area (Å²) in [7, 11) is 0. The molecule has 0 aliphatic heterocycles. The Balaban J connectivity index is 1.96. The number of carbonyl (C=O) groups excluding carboxylic acids is 1. The minimum atomic E-state index is -0.321. The highest BCUT2D eigenvalue weighted by molar-refractivity contribution is 6.44. The minimum absolute atomic E-state index is 0.00859. The zero-order valence-corrected chi connectivity index (χ0v) is 12.7. The Hall–Kier alpha value is -1.78. The van der Waals surface area contributed by atoms with Gasteiger partial charge in [0.05, 0.1) is 22.3 Å². The van der Waals surface area contributed by atoms with Gasteiger partial charge in [-0.2, -0.15) is 0 Å². The second-order valence-corrected chi connectivity index (χ2v) is 5.25. The van der Waals surface area contributed by atoms with Crippen LogP contribution < -0.4 is 10.6 Å². The molecule has 0 radical (unpaired) electrons. The summed E-state index contributed by atoms with van der Waals surface area (Å²) >= 11 is 11.8. The first-order valence-electron chi connectivity index (χ1n) is 6.21. The predicted octanol–water partition coefficient (Wildman–Crippen LogP) is 4.49. The molecule has 2 aromatic rings. The summed E-state index contributed by atoms with van der Waals surface area (Å²) in [6, 6.07) is 9.66. The molecule has 21 heavy (non-hydrogen) atoms. The van der Waals surface area contributed by atoms with E-state index in [-0.39, 0.29) is 23.3 Å². The number of halogens is 3. The highest BCUT2D eigenvalue weighted by Crippen LogP contribution is 2.29. The van der Waals surface area contributed by atoms with Crippen molar-refractivity contribution in [1.29, 1.82) is 0 Å². The summed E-state index contributed by atoms with van der Waals surface area (Å²) < 4.78 is 13.4. The summed E-state index contributed by atoms with van der Waals surface area (Å²) in [5, 5.41) is 6.12. The number of aryl methyl sites for hydroxylation is 1. The highest BCUT2D eigenvalue weighted by Gasteiger charge is 2.08. The predicted molar refractivity (Wildman–Crippen MR) is 84.7 cm³/mol. The van der Waals surface area contributed by atoms with Gasteiger partial charge in [-0.3, -0.25) is 4.79 Å². The average molecular weight is 327 g/mol. The van der Waals surface area contributed by atoms with Crippen LogP contribution in [-0.2, 0) is 4.79 Å². The first-order chi connectivity index (χ1) is 9.97. The number of rotatable bonds is 4. The molecule has 0 heterocycles. The maximum atomic E-state index is 13.4. The minimum Gasteiger partial charge on any atom is -0.376 e. The van der Waals surface area contributed by atoms with Gasteiger partial charge in [-0.25, -0.2) is 4.39 Å². The SMILES string of the molecule is Cc1ccc(NCC(=O)Nc2cccc(Cl)c2Cl)cc1F. The van der Waals surface area contributed by atoms with Crippen LogP contribution in [0.3, 0.4) is 0 Å². The molecule has 1 amide bonds. The molecular formula is C15H13Cl2FN2O. The number of anilines is 2. The van der Waals surface area contributed by atoms with Gasteiger partial charge in [0, 0.05) is 5.69 Å². The van der Waals surface area contributed by atoms with E-state index in [1.165, 1.54) is 6.07 Å². The third kappa shape index (κ3) is 4.09. The van der Waals surface area contributed by atoms with Crippen LogP contribution in [0.1, 0.15) is 5.56 Å². The van der Waals surface area contributed by atoms with Gasteiger partial charge in [-0.1, -0.05) is 35.3 Å². The molecule has 0 aliphatic carbocycles. The summed E-state index contributed by atoms with van der Waals surface area (Å²) in [6.07, 6.45) is 0. The molecule has 2 aromatic carbocycles. The van der Waals surface area contributed by atoms with E-state index in [9.17, 15) is 9.18 Å². The lowest BCUT2D eigenvalue weighted by molar-refractivity contribution is -0.114. The van der Waals surface area contributed by atoms with Crippen molar-refractivity contribution in [2.24, 2.45) is 0 Å². The van der Waals surface area contributed by atoms with Crippen molar-refractivity contribution in [2.75, 3.05) is 17.2 Å². The van der Waals surface area contributed by atoms with Crippen molar-refractivity contribution in [2.45, 2.75) is 6.92 Å². The Morgan fingerprint density at radius 1 is 1.24 bits per heavy atom. The monoisotopic (exact) mass is 326 g/mol. The molecule has 2 rings (SSSR count). The van der Waals surface area contributed by atoms with Crippen molar-refractivity contribution in [1.82, 2.24) is 0 Å². The van der Waals surface area contributed by atoms with Crippen LogP contribution in [0.5, 0.6) is 0 Å². The van der Waals surface area contributed by atoms with Gasteiger partial charge in [0.15, 0.2) is 0 Å². The number of benzene rings is 2. The molecule has 0 fully saturated rings. The molecule has 0 saturated carbocycles. The molecule has 110 valence electrons. The molecule has 0 saturated heterocycles. The third-order valence-electron chi connectivity index (χ3n) is 2.85. The Kier molecular flexibility index (Phi) is 5.04. The maximum absolute atomic E-state index is 13.4. The second kappa shape index (κ2) is 6.78. The van der Waals surface area contributed by atoms with Crippen LogP contribution in [0.4, 0.5) is 15.8 Å². The van der Waals surface area contributed by atoms with Crippen molar-refractivity contribution < 1.29 is 9.18 Å². The van der Waals surface area contributed by atoms with Gasteiger partial charge >= 0.3 is 0 Å². The molecule has 3 nitrogen and oxygen atoms in total. The fourth-order valence-corrected chi connectivity index (χ4v) is 2.03. The Bertz CT molecular complexity index is 677. The van der Waals surface area contributed by atoms with Gasteiger partial charge in [-0.15, -0.1) is 0 Å². The number of hydrogen-bond acceptors (Lipinski definition) is 2. The zero-order valence-electron chi connectivity index (χ0n) is 11.2. The lowest BCUT2D eigenvalue weighted by atomic mass is 10.2. The lowest BCUT2D eigenvalue weighted by Gasteiger charge is -2.10. The third-order valence-corrected chi connectivity index (χ3v) is 3.67. The maximum Gasteiger partial charge on any atom is 0.243 e. The van der Waals surface area contributed by atoms with E-state index < -0.39 is 0 Å². The normalized spacial score (nSPS) is 10.3. The van der Waals surface area contributed by atoms with Crippen LogP contribution in [0, 0.1) is 12.7 Å². The van der Waals surface area contributed by atoms with Gasteiger partial charge in [-0.05, 0) is 36.8 Å². The standard InChI is InChI=1S/C15H13Cl2FN2O/c1-9-5-6-10(7-12(9)18)19-8-14(21)20-13-4-2-3-11(16)15(13)17/h2-7,19H,8H2,1H3,(H,20,21). The van der Waals surface area contributed by atoms with Crippen LogP contribution >= 0.6 is 23.2 Å². The van der Waals surface area contributed by atoms with Crippen LogP contribution in [0.25, 0.3) is 0 Å². The molecule has 0 bridgehead atoms. The number of nitrogens with one attached hydrogen (secondary N) is 2. The van der Waals surface area contributed by atoms with Crippen molar-refractivity contribution in [3.63, 3.8) is 0 Å². The van der Waals surface area contributed by atoms with Crippen LogP contribution in [-0.4, -0.2) is 12.5 Å². The molecule has 2 N–H and O–H groups in total. The van der Waals surface area contributed by atoms with Crippen LogP contribution in [0.15, 0.2) is 36.4 Å². The van der Waals surface area contributed by atoms with E-state index in [0.29, 0.717) is 22.0 Å². The summed E-state index contributed by atoms with van der Waals surface area (Å²) in [5.74, 6) is -0.626. The van der Waals surface area contributed by atoms with Gasteiger partial charge in [0.2, 0.25) is 5.91 Å². The number of hydrogen-bond donors (Lipinski definition) is 2.